The van der Waals surface area contributed by atoms with Crippen LogP contribution < -0.4 is 0 Å². The van der Waals surface area contributed by atoms with Crippen LogP contribution in [0.25, 0.3) is 0 Å². The highest BCUT2D eigenvalue weighted by atomic mass is 16.5. The molecule has 10 heteroatoms. The topological polar surface area (TPSA) is 160 Å². The molecule has 0 spiro atoms. The van der Waals surface area contributed by atoms with E-state index in [9.17, 15) is 34.8 Å². The standard InChI is InChI=1S/C33H48O10/c1-10-16(2)27(41-19(5)35)18(4)20-13-21(36)25-26(38)28-31(8,43-29(25)33(20,40)15-17(3)34)12-11-23-32(28,9)22(37)14-24(42-23)30(6,7)39/h10,13,18,22-24,26-28,37-40H,11-12,14-15H2,1-9H3/b16-10+/t18-,22-,23+,24+,26+,27+,28-,31+,32-,33+/m0/s1. The summed E-state index contributed by atoms with van der Waals surface area (Å²) in [5.74, 6) is -3.22. The molecule has 0 aromatic carbocycles. The van der Waals surface area contributed by atoms with Gasteiger partial charge >= 0.3 is 5.97 Å². The zero-order valence-corrected chi connectivity index (χ0v) is 26.8. The summed E-state index contributed by atoms with van der Waals surface area (Å²) in [6.45, 7) is 14.7. The van der Waals surface area contributed by atoms with Crippen molar-refractivity contribution in [3.05, 3.63) is 34.6 Å². The average Bonchev–Trinajstić information content (AvgIpc) is 2.87. The van der Waals surface area contributed by atoms with Crippen molar-refractivity contribution < 1.29 is 49.0 Å². The molecule has 10 atom stereocenters. The van der Waals surface area contributed by atoms with Crippen LogP contribution >= 0.6 is 0 Å². The van der Waals surface area contributed by atoms with Gasteiger partial charge in [0.25, 0.3) is 0 Å². The van der Waals surface area contributed by atoms with Crippen molar-refractivity contribution in [2.75, 3.05) is 0 Å². The predicted molar refractivity (Wildman–Crippen MR) is 156 cm³/mol. The molecule has 0 aromatic heterocycles. The Morgan fingerprint density at radius 2 is 1.84 bits per heavy atom. The normalized spacial score (nSPS) is 39.5. The lowest BCUT2D eigenvalue weighted by Gasteiger charge is -2.63. The Morgan fingerprint density at radius 1 is 1.21 bits per heavy atom. The van der Waals surface area contributed by atoms with Gasteiger partial charge in [-0.2, -0.15) is 0 Å². The van der Waals surface area contributed by atoms with E-state index in [4.69, 9.17) is 14.2 Å². The van der Waals surface area contributed by atoms with E-state index in [1.807, 2.05) is 6.92 Å². The number of ketones is 2. The first-order valence-electron chi connectivity index (χ1n) is 15.2. The fourth-order valence-electron chi connectivity index (χ4n) is 8.10. The van der Waals surface area contributed by atoms with Gasteiger partial charge in [0.2, 0.25) is 0 Å². The van der Waals surface area contributed by atoms with Gasteiger partial charge in [0.05, 0.1) is 35.6 Å². The van der Waals surface area contributed by atoms with E-state index in [2.05, 4.69) is 0 Å². The second-order valence-corrected chi connectivity index (χ2v) is 14.1. The van der Waals surface area contributed by atoms with Crippen LogP contribution in [0.5, 0.6) is 0 Å². The second-order valence-electron chi connectivity index (χ2n) is 14.1. The molecule has 240 valence electrons. The molecule has 2 aliphatic carbocycles. The zero-order valence-electron chi connectivity index (χ0n) is 26.8. The summed E-state index contributed by atoms with van der Waals surface area (Å²) in [4.78, 5) is 38.6. The van der Waals surface area contributed by atoms with E-state index in [0.717, 1.165) is 0 Å². The molecular formula is C33H48O10. The van der Waals surface area contributed by atoms with E-state index in [0.29, 0.717) is 18.4 Å². The molecule has 0 radical (unpaired) electrons. The lowest BCUT2D eigenvalue weighted by molar-refractivity contribution is -0.294. The number of aliphatic hydroxyl groups excluding tert-OH is 2. The smallest absolute Gasteiger partial charge is 0.303 e. The van der Waals surface area contributed by atoms with Crippen LogP contribution in [0.2, 0.25) is 0 Å². The van der Waals surface area contributed by atoms with Crippen LogP contribution in [0.15, 0.2) is 34.6 Å². The van der Waals surface area contributed by atoms with Crippen molar-refractivity contribution in [3.63, 3.8) is 0 Å². The fourth-order valence-corrected chi connectivity index (χ4v) is 8.10. The molecule has 4 N–H and O–H groups in total. The van der Waals surface area contributed by atoms with Gasteiger partial charge in [0.15, 0.2) is 11.4 Å². The summed E-state index contributed by atoms with van der Waals surface area (Å²) in [6, 6.07) is 0. The van der Waals surface area contributed by atoms with E-state index < -0.39 is 82.7 Å². The van der Waals surface area contributed by atoms with Gasteiger partial charge in [0, 0.05) is 37.0 Å². The molecule has 2 aliphatic heterocycles. The first-order chi connectivity index (χ1) is 19.7. The van der Waals surface area contributed by atoms with Gasteiger partial charge < -0.3 is 34.6 Å². The Bertz CT molecular complexity index is 1270. The molecule has 0 unspecified atom stereocenters. The molecule has 4 aliphatic rings. The lowest BCUT2D eigenvalue weighted by Crippen LogP contribution is -2.70. The van der Waals surface area contributed by atoms with Crippen molar-refractivity contribution in [2.24, 2.45) is 17.3 Å². The first-order valence-corrected chi connectivity index (χ1v) is 15.2. The number of Topliss-reactive ketones (excluding diaryl/α,β-unsaturated/α-hetero) is 1. The molecular weight excluding hydrogens is 556 g/mol. The maximum Gasteiger partial charge on any atom is 0.303 e. The number of aliphatic hydroxyl groups is 4. The Morgan fingerprint density at radius 3 is 2.37 bits per heavy atom. The Kier molecular flexibility index (Phi) is 8.74. The van der Waals surface area contributed by atoms with Gasteiger partial charge in [-0.25, -0.2) is 0 Å². The molecule has 2 fully saturated rings. The minimum Gasteiger partial charge on any atom is -0.487 e. The maximum atomic E-state index is 13.9. The van der Waals surface area contributed by atoms with Gasteiger partial charge in [-0.15, -0.1) is 0 Å². The summed E-state index contributed by atoms with van der Waals surface area (Å²) in [5.41, 5.74) is -4.82. The molecule has 1 saturated heterocycles. The summed E-state index contributed by atoms with van der Waals surface area (Å²) in [7, 11) is 0. The highest BCUT2D eigenvalue weighted by molar-refractivity contribution is 6.08. The summed E-state index contributed by atoms with van der Waals surface area (Å²) < 4.78 is 18.6. The van der Waals surface area contributed by atoms with E-state index >= 15 is 0 Å². The fraction of sp³-hybridized carbons (Fsp3) is 0.727. The van der Waals surface area contributed by atoms with E-state index in [1.54, 1.807) is 47.6 Å². The lowest BCUT2D eigenvalue weighted by atomic mass is 9.51. The third-order valence-corrected chi connectivity index (χ3v) is 10.4. The number of carbonyl (C=O) groups excluding carboxylic acids is 3. The van der Waals surface area contributed by atoms with E-state index in [1.165, 1.54) is 19.9 Å². The quantitative estimate of drug-likeness (QED) is 0.251. The Balaban J connectivity index is 1.84. The van der Waals surface area contributed by atoms with Gasteiger partial charge in [-0.3, -0.25) is 14.4 Å². The number of hydrogen-bond donors (Lipinski definition) is 4. The third-order valence-electron chi connectivity index (χ3n) is 10.4. The molecule has 43 heavy (non-hydrogen) atoms. The van der Waals surface area contributed by atoms with Crippen LogP contribution in [-0.2, 0) is 28.6 Å². The minimum absolute atomic E-state index is 0.118. The average molecular weight is 605 g/mol. The first kappa shape index (κ1) is 33.5. The van der Waals surface area contributed by atoms with Crippen LogP contribution in [0.1, 0.15) is 88.0 Å². The van der Waals surface area contributed by atoms with Crippen molar-refractivity contribution in [3.8, 4) is 0 Å². The van der Waals surface area contributed by atoms with Crippen LogP contribution in [0.3, 0.4) is 0 Å². The largest absolute Gasteiger partial charge is 0.487 e. The van der Waals surface area contributed by atoms with Gasteiger partial charge in [-0.1, -0.05) is 19.9 Å². The highest BCUT2D eigenvalue weighted by Crippen LogP contribution is 2.61. The third kappa shape index (κ3) is 5.43. The molecule has 0 amide bonds. The van der Waals surface area contributed by atoms with Crippen molar-refractivity contribution in [1.29, 1.82) is 0 Å². The van der Waals surface area contributed by atoms with Crippen molar-refractivity contribution in [2.45, 2.75) is 135 Å². The van der Waals surface area contributed by atoms with Crippen LogP contribution in [0, 0.1) is 17.3 Å². The van der Waals surface area contributed by atoms with Crippen LogP contribution in [-0.4, -0.2) is 85.3 Å². The molecule has 1 saturated carbocycles. The molecule has 0 aromatic rings. The second kappa shape index (κ2) is 11.2. The van der Waals surface area contributed by atoms with Gasteiger partial charge in [0.1, 0.15) is 23.2 Å². The number of rotatable bonds is 7. The highest BCUT2D eigenvalue weighted by Gasteiger charge is 2.68. The minimum atomic E-state index is -2.10. The molecule has 4 rings (SSSR count). The molecule has 10 nitrogen and oxygen atoms in total. The van der Waals surface area contributed by atoms with E-state index in [-0.39, 0.29) is 29.1 Å². The van der Waals surface area contributed by atoms with Crippen LogP contribution in [0.4, 0.5) is 0 Å². The number of ether oxygens (including phenoxy) is 3. The zero-order chi connectivity index (χ0) is 32.4. The number of hydrogen-bond acceptors (Lipinski definition) is 10. The van der Waals surface area contributed by atoms with Crippen molar-refractivity contribution >= 4 is 17.5 Å². The molecule has 0 bridgehead atoms. The number of allylic oxidation sites excluding steroid dienone is 2. The Labute approximate surface area is 253 Å². The summed E-state index contributed by atoms with van der Waals surface area (Å²) in [6.07, 6.45) is -0.989. The summed E-state index contributed by atoms with van der Waals surface area (Å²) >= 11 is 0. The van der Waals surface area contributed by atoms with Gasteiger partial charge in [-0.05, 0) is 71.6 Å². The number of esters is 1. The maximum absolute atomic E-state index is 13.9. The van der Waals surface area contributed by atoms with Crippen molar-refractivity contribution in [1.82, 2.24) is 0 Å². The summed E-state index contributed by atoms with van der Waals surface area (Å²) in [5, 5.41) is 46.7. The number of carbonyl (C=O) groups is 3. The predicted octanol–water partition coefficient (Wildman–Crippen LogP) is 2.85. The monoisotopic (exact) mass is 604 g/mol. The Hall–Kier alpha value is -2.37. The SMILES string of the molecule is C/C=C(\C)[C@@H](OC(C)=O)[C@@H](C)C1=CC(=O)C2=C(O[C@]3(C)CC[C@H]4O[C@@H](C(C)(C)O)C[C@H](O)[C@]4(C)[C@H]3[C@@H]2O)[C@@]1(O)CC(C)=O. The number of fused-ring (bicyclic) bond motifs is 3. The molecule has 2 heterocycles.